The molecule has 1 fully saturated rings. The van der Waals surface area contributed by atoms with Gasteiger partial charge in [-0.1, -0.05) is 6.07 Å². The summed E-state index contributed by atoms with van der Waals surface area (Å²) in [6.45, 7) is 4.78. The number of nitrogens with zero attached hydrogens (tertiary/aromatic N) is 2. The Balaban J connectivity index is 1.52. The molecule has 3 rings (SSSR count). The van der Waals surface area contributed by atoms with E-state index in [0.29, 0.717) is 55.5 Å². The lowest BCUT2D eigenvalue weighted by Gasteiger charge is -2.34. The summed E-state index contributed by atoms with van der Waals surface area (Å²) in [6.07, 6.45) is 0. The molecule has 0 spiro atoms. The molecule has 2 aromatic carbocycles. The zero-order valence-corrected chi connectivity index (χ0v) is 17.2. The van der Waals surface area contributed by atoms with Crippen molar-refractivity contribution in [3.63, 3.8) is 0 Å². The van der Waals surface area contributed by atoms with Crippen LogP contribution in [0.1, 0.15) is 17.3 Å². The maximum atomic E-state index is 13.2. The van der Waals surface area contributed by atoms with Crippen LogP contribution in [-0.2, 0) is 4.79 Å². The van der Waals surface area contributed by atoms with E-state index in [1.54, 1.807) is 42.3 Å². The van der Waals surface area contributed by atoms with Crippen LogP contribution in [0.15, 0.2) is 42.5 Å². The molecule has 8 heteroatoms. The fraction of sp³-hybridized carbons (Fsp3) is 0.364. The SMILES string of the molecule is CCOc1ccc(C(=O)N2CCN(CC(=O)Nc3cccc(F)c3)CC2)cc1OC. The van der Waals surface area contributed by atoms with E-state index in [4.69, 9.17) is 9.47 Å². The number of ether oxygens (including phenoxy) is 2. The standard InChI is InChI=1S/C22H26FN3O4/c1-3-30-19-8-7-16(13-20(19)29-2)22(28)26-11-9-25(10-12-26)15-21(27)24-18-6-4-5-17(23)14-18/h4-8,13-14H,3,9-12,15H2,1-2H3,(H,24,27). The highest BCUT2D eigenvalue weighted by Crippen LogP contribution is 2.28. The van der Waals surface area contributed by atoms with Crippen molar-refractivity contribution < 1.29 is 23.5 Å². The van der Waals surface area contributed by atoms with Crippen LogP contribution in [0, 0.1) is 5.82 Å². The molecule has 2 amide bonds. The molecule has 2 aromatic rings. The number of carbonyl (C=O) groups is 2. The molecule has 0 aliphatic carbocycles. The minimum atomic E-state index is -0.397. The van der Waals surface area contributed by atoms with Gasteiger partial charge in [-0.05, 0) is 43.3 Å². The Kier molecular flexibility index (Phi) is 7.24. The maximum absolute atomic E-state index is 13.2. The Bertz CT molecular complexity index is 898. The van der Waals surface area contributed by atoms with Crippen molar-refractivity contribution in [2.75, 3.05) is 51.8 Å². The van der Waals surface area contributed by atoms with Crippen LogP contribution in [0.4, 0.5) is 10.1 Å². The van der Waals surface area contributed by atoms with E-state index in [2.05, 4.69) is 5.32 Å². The molecule has 0 radical (unpaired) electrons. The lowest BCUT2D eigenvalue weighted by atomic mass is 10.1. The number of halogens is 1. The smallest absolute Gasteiger partial charge is 0.254 e. The van der Waals surface area contributed by atoms with Gasteiger partial charge in [-0.3, -0.25) is 14.5 Å². The first kappa shape index (κ1) is 21.6. The number of benzene rings is 2. The first-order valence-electron chi connectivity index (χ1n) is 9.88. The molecule has 1 saturated heterocycles. The van der Waals surface area contributed by atoms with Gasteiger partial charge in [0.2, 0.25) is 5.91 Å². The third-order valence-corrected chi connectivity index (χ3v) is 4.85. The van der Waals surface area contributed by atoms with Crippen molar-refractivity contribution in [1.29, 1.82) is 0 Å². The van der Waals surface area contributed by atoms with Gasteiger partial charge < -0.3 is 19.7 Å². The highest BCUT2D eigenvalue weighted by atomic mass is 19.1. The van der Waals surface area contributed by atoms with Gasteiger partial charge in [-0.25, -0.2) is 4.39 Å². The summed E-state index contributed by atoms with van der Waals surface area (Å²) < 4.78 is 24.0. The van der Waals surface area contributed by atoms with E-state index in [-0.39, 0.29) is 18.4 Å². The lowest BCUT2D eigenvalue weighted by molar-refractivity contribution is -0.117. The van der Waals surface area contributed by atoms with E-state index in [9.17, 15) is 14.0 Å². The van der Waals surface area contributed by atoms with Crippen LogP contribution in [0.2, 0.25) is 0 Å². The van der Waals surface area contributed by atoms with Crippen LogP contribution < -0.4 is 14.8 Å². The number of nitrogens with one attached hydrogen (secondary N) is 1. The van der Waals surface area contributed by atoms with Crippen LogP contribution in [-0.4, -0.2) is 68.1 Å². The largest absolute Gasteiger partial charge is 0.493 e. The van der Waals surface area contributed by atoms with Crippen LogP contribution in [0.25, 0.3) is 0 Å². The lowest BCUT2D eigenvalue weighted by Crippen LogP contribution is -2.50. The molecule has 1 aliphatic heterocycles. The maximum Gasteiger partial charge on any atom is 0.254 e. The Hall–Kier alpha value is -3.13. The normalized spacial score (nSPS) is 14.3. The number of hydrogen-bond acceptors (Lipinski definition) is 5. The van der Waals surface area contributed by atoms with Crippen molar-refractivity contribution in [3.05, 3.63) is 53.8 Å². The number of methoxy groups -OCH3 is 1. The first-order valence-corrected chi connectivity index (χ1v) is 9.88. The molecule has 30 heavy (non-hydrogen) atoms. The summed E-state index contributed by atoms with van der Waals surface area (Å²) >= 11 is 0. The van der Waals surface area contributed by atoms with Gasteiger partial charge in [-0.15, -0.1) is 0 Å². The molecule has 0 atom stereocenters. The zero-order valence-electron chi connectivity index (χ0n) is 17.2. The summed E-state index contributed by atoms with van der Waals surface area (Å²) in [6, 6.07) is 10.9. The van der Waals surface area contributed by atoms with Crippen molar-refractivity contribution in [2.24, 2.45) is 0 Å². The van der Waals surface area contributed by atoms with Gasteiger partial charge in [0.05, 0.1) is 20.3 Å². The summed E-state index contributed by atoms with van der Waals surface area (Å²) in [5, 5.41) is 2.69. The predicted molar refractivity (Wildman–Crippen MR) is 112 cm³/mol. The molecule has 0 aromatic heterocycles. The average Bonchev–Trinajstić information content (AvgIpc) is 2.74. The summed E-state index contributed by atoms with van der Waals surface area (Å²) in [5.41, 5.74) is 0.964. The number of amides is 2. The minimum absolute atomic E-state index is 0.0831. The summed E-state index contributed by atoms with van der Waals surface area (Å²) in [5.74, 6) is 0.434. The Morgan fingerprint density at radius 2 is 1.83 bits per heavy atom. The molecular weight excluding hydrogens is 389 g/mol. The summed E-state index contributed by atoms with van der Waals surface area (Å²) in [7, 11) is 1.54. The fourth-order valence-electron chi connectivity index (χ4n) is 3.34. The van der Waals surface area contributed by atoms with Crippen LogP contribution >= 0.6 is 0 Å². The van der Waals surface area contributed by atoms with E-state index in [0.717, 1.165) is 0 Å². The summed E-state index contributed by atoms with van der Waals surface area (Å²) in [4.78, 5) is 28.8. The van der Waals surface area contributed by atoms with Gasteiger partial charge in [-0.2, -0.15) is 0 Å². The third kappa shape index (κ3) is 5.48. The van der Waals surface area contributed by atoms with Crippen LogP contribution in [0.5, 0.6) is 11.5 Å². The molecule has 0 saturated carbocycles. The molecule has 0 unspecified atom stereocenters. The monoisotopic (exact) mass is 415 g/mol. The molecule has 160 valence electrons. The number of anilines is 1. The fourth-order valence-corrected chi connectivity index (χ4v) is 3.34. The molecule has 1 heterocycles. The average molecular weight is 415 g/mol. The molecule has 1 aliphatic rings. The van der Waals surface area contributed by atoms with Gasteiger partial charge in [0.25, 0.3) is 5.91 Å². The highest BCUT2D eigenvalue weighted by molar-refractivity contribution is 5.95. The number of carbonyl (C=O) groups excluding carboxylic acids is 2. The topological polar surface area (TPSA) is 71.1 Å². The van der Waals surface area contributed by atoms with Crippen LogP contribution in [0.3, 0.4) is 0 Å². The van der Waals surface area contributed by atoms with E-state index < -0.39 is 5.82 Å². The molecule has 7 nitrogen and oxygen atoms in total. The van der Waals surface area contributed by atoms with Gasteiger partial charge in [0.1, 0.15) is 5.82 Å². The predicted octanol–water partition coefficient (Wildman–Crippen LogP) is 2.63. The molecule has 1 N–H and O–H groups in total. The van der Waals surface area contributed by atoms with Gasteiger partial charge in [0.15, 0.2) is 11.5 Å². The van der Waals surface area contributed by atoms with E-state index >= 15 is 0 Å². The Morgan fingerprint density at radius 1 is 1.07 bits per heavy atom. The zero-order chi connectivity index (χ0) is 21.5. The number of rotatable bonds is 7. The quantitative estimate of drug-likeness (QED) is 0.753. The van der Waals surface area contributed by atoms with Gasteiger partial charge in [0, 0.05) is 37.4 Å². The first-order chi connectivity index (χ1) is 14.5. The highest BCUT2D eigenvalue weighted by Gasteiger charge is 2.24. The van der Waals surface area contributed by atoms with Crippen molar-refractivity contribution in [1.82, 2.24) is 9.80 Å². The Morgan fingerprint density at radius 3 is 2.50 bits per heavy atom. The second-order valence-electron chi connectivity index (χ2n) is 6.93. The number of hydrogen-bond donors (Lipinski definition) is 1. The van der Waals surface area contributed by atoms with Crippen molar-refractivity contribution >= 4 is 17.5 Å². The second kappa shape index (κ2) is 10.1. The minimum Gasteiger partial charge on any atom is -0.493 e. The van der Waals surface area contributed by atoms with Crippen molar-refractivity contribution in [3.8, 4) is 11.5 Å². The number of piperazine rings is 1. The van der Waals surface area contributed by atoms with E-state index in [1.807, 2.05) is 11.8 Å². The Labute approximate surface area is 175 Å². The molecule has 0 bridgehead atoms. The second-order valence-corrected chi connectivity index (χ2v) is 6.93. The molecular formula is C22H26FN3O4. The van der Waals surface area contributed by atoms with Crippen molar-refractivity contribution in [2.45, 2.75) is 6.92 Å². The third-order valence-electron chi connectivity index (χ3n) is 4.85. The van der Waals surface area contributed by atoms with E-state index in [1.165, 1.54) is 12.1 Å². The van der Waals surface area contributed by atoms with Gasteiger partial charge >= 0.3 is 0 Å².